The van der Waals surface area contributed by atoms with Gasteiger partial charge in [-0.2, -0.15) is 20.5 Å². The quantitative estimate of drug-likeness (QED) is 0.0314. The van der Waals surface area contributed by atoms with Crippen molar-refractivity contribution < 1.29 is 38.2 Å². The molecule has 4 amide bonds. The van der Waals surface area contributed by atoms with Crippen LogP contribution in [0.3, 0.4) is 0 Å². The van der Waals surface area contributed by atoms with Crippen LogP contribution in [0.15, 0.2) is 111 Å². The molecule has 0 radical (unpaired) electrons. The van der Waals surface area contributed by atoms with E-state index in [0.29, 0.717) is 52.8 Å². The second-order valence-electron chi connectivity index (χ2n) is 14.5. The van der Waals surface area contributed by atoms with Crippen molar-refractivity contribution in [3.05, 3.63) is 129 Å². The number of hydrogen-bond donors (Lipinski definition) is 4. The van der Waals surface area contributed by atoms with Crippen LogP contribution in [0.4, 0.5) is 34.1 Å². The summed E-state index contributed by atoms with van der Waals surface area (Å²) < 4.78 is 11.1. The Kier molecular flexibility index (Phi) is 19.4. The molecular weight excluding hydrogens is 982 g/mol. The normalized spacial score (nSPS) is 12.0. The van der Waals surface area contributed by atoms with Crippen LogP contribution in [-0.2, 0) is 36.8 Å². The third-order valence-electron chi connectivity index (χ3n) is 9.48. The number of azo groups is 2. The van der Waals surface area contributed by atoms with Crippen molar-refractivity contribution in [1.82, 2.24) is 0 Å². The lowest BCUT2D eigenvalue weighted by Gasteiger charge is -2.15. The summed E-state index contributed by atoms with van der Waals surface area (Å²) in [4.78, 5) is 78.8. The van der Waals surface area contributed by atoms with E-state index in [1.165, 1.54) is 54.6 Å². The van der Waals surface area contributed by atoms with Crippen molar-refractivity contribution in [1.29, 1.82) is 0 Å². The van der Waals surface area contributed by atoms with E-state index in [2.05, 4.69) is 41.7 Å². The van der Waals surface area contributed by atoms with Gasteiger partial charge in [0.15, 0.2) is 11.6 Å². The van der Waals surface area contributed by atoms with Crippen molar-refractivity contribution in [3.63, 3.8) is 0 Å². The largest absolute Gasteiger partial charge is 0.494 e. The van der Waals surface area contributed by atoms with Gasteiger partial charge in [-0.05, 0) is 111 Å². The number of hydrogen-bond acceptors (Lipinski definition) is 12. The first-order valence-corrected chi connectivity index (χ1v) is 22.9. The van der Waals surface area contributed by atoms with E-state index >= 15 is 0 Å². The van der Waals surface area contributed by atoms with Crippen LogP contribution in [-0.4, -0.2) is 60.5 Å². The smallest absolute Gasteiger partial charge is 0.258 e. The number of carbonyl (C=O) groups is 6. The van der Waals surface area contributed by atoms with E-state index in [4.69, 9.17) is 67.5 Å². The molecule has 0 aliphatic heterocycles. The van der Waals surface area contributed by atoms with Crippen molar-refractivity contribution in [2.45, 2.75) is 57.4 Å². The van der Waals surface area contributed by atoms with Gasteiger partial charge >= 0.3 is 0 Å². The van der Waals surface area contributed by atoms with Gasteiger partial charge in [0.1, 0.15) is 11.5 Å². The first-order valence-electron chi connectivity index (χ1n) is 20.6. The number of nitrogens with one attached hydrogen (secondary N) is 4. The summed E-state index contributed by atoms with van der Waals surface area (Å²) in [6.07, 6.45) is 0. The lowest BCUT2D eigenvalue weighted by molar-refractivity contribution is -0.127. The van der Waals surface area contributed by atoms with Crippen LogP contribution in [0.25, 0.3) is 0 Å². The van der Waals surface area contributed by atoms with Crippen LogP contribution in [0.5, 0.6) is 11.5 Å². The molecule has 0 aromatic heterocycles. The number of carbonyl (C=O) groups excluding carboxylic acids is 6. The third-order valence-corrected chi connectivity index (χ3v) is 10.8. The molecule has 5 aromatic rings. The fourth-order valence-electron chi connectivity index (χ4n) is 6.21. The lowest BCUT2D eigenvalue weighted by Crippen LogP contribution is -2.32. The van der Waals surface area contributed by atoms with Gasteiger partial charge < -0.3 is 30.7 Å². The Bertz CT molecular complexity index is 2790. The number of ether oxygens (including phenoxy) is 2. The summed E-state index contributed by atoms with van der Waals surface area (Å²) in [5.41, 5.74) is 3.21. The highest BCUT2D eigenvalue weighted by Crippen LogP contribution is 2.30. The zero-order chi connectivity index (χ0) is 49.5. The third kappa shape index (κ3) is 14.5. The van der Waals surface area contributed by atoms with Crippen molar-refractivity contribution in [2.24, 2.45) is 20.5 Å². The van der Waals surface area contributed by atoms with Gasteiger partial charge in [0.2, 0.25) is 12.1 Å². The van der Waals surface area contributed by atoms with Gasteiger partial charge in [0.25, 0.3) is 23.6 Å². The molecule has 0 bridgehead atoms. The monoisotopic (exact) mass is 1020 g/mol. The van der Waals surface area contributed by atoms with Gasteiger partial charge in [0, 0.05) is 73.7 Å². The maximum absolute atomic E-state index is 13.5. The van der Waals surface area contributed by atoms with Crippen LogP contribution in [0, 0.1) is 0 Å². The summed E-state index contributed by atoms with van der Waals surface area (Å²) in [5, 5.41) is 27.1. The number of Topliss-reactive ketones (excluding diaryl/α,β-unsaturated/α-hetero) is 2. The minimum atomic E-state index is -1.63. The van der Waals surface area contributed by atoms with Gasteiger partial charge in [-0.25, -0.2) is 0 Å². The van der Waals surface area contributed by atoms with E-state index in [0.717, 1.165) is 13.8 Å². The first-order chi connectivity index (χ1) is 32.5. The molecular formula is C47H43Cl5N8O8. The fraction of sp³-hybridized carbons (Fsp3) is 0.234. The highest BCUT2D eigenvalue weighted by atomic mass is 35.5. The number of halogens is 5. The summed E-state index contributed by atoms with van der Waals surface area (Å²) >= 11 is 31.1. The molecule has 0 heterocycles. The Morgan fingerprint density at radius 3 is 1.37 bits per heavy atom. The molecule has 16 nitrogen and oxygen atoms in total. The molecule has 21 heteroatoms. The van der Waals surface area contributed by atoms with E-state index in [9.17, 15) is 28.8 Å². The van der Waals surface area contributed by atoms with Crippen LogP contribution in [0.1, 0.15) is 65.1 Å². The molecule has 68 heavy (non-hydrogen) atoms. The minimum absolute atomic E-state index is 0.0781. The first kappa shape index (κ1) is 52.5. The van der Waals surface area contributed by atoms with Crippen LogP contribution < -0.4 is 30.7 Å². The van der Waals surface area contributed by atoms with E-state index in [-0.39, 0.29) is 61.6 Å². The zero-order valence-electron chi connectivity index (χ0n) is 36.8. The molecule has 354 valence electrons. The zero-order valence-corrected chi connectivity index (χ0v) is 40.6. The SMILES string of the molecule is CCOc1ccc(CCl)c(NC(=O)c2cc(Cl)cc(N=NC(C(C)=O)C(=O)Nc3ccc(NC(=O)C(N=Nc4cc(Cl)cc(C(=O)Nc5cc(OCC)ccc5CCl)c4)C(C)=O)c(CCl)c3)c2)c1. The Hall–Kier alpha value is -6.43. The number of ketones is 2. The van der Waals surface area contributed by atoms with Gasteiger partial charge in [0.05, 0.1) is 24.6 Å². The van der Waals surface area contributed by atoms with Gasteiger partial charge in [-0.3, -0.25) is 28.8 Å². The highest BCUT2D eigenvalue weighted by Gasteiger charge is 2.26. The van der Waals surface area contributed by atoms with Crippen LogP contribution >= 0.6 is 58.0 Å². The molecule has 5 rings (SSSR count). The number of amides is 4. The van der Waals surface area contributed by atoms with E-state index in [1.54, 1.807) is 36.4 Å². The number of nitrogens with zero attached hydrogens (tertiary/aromatic N) is 4. The second-order valence-corrected chi connectivity index (χ2v) is 16.2. The highest BCUT2D eigenvalue weighted by molar-refractivity contribution is 6.32. The standard InChI is InChI=1S/C47H43Cl5N8O8/c1-5-67-37-10-7-27(22-48)40(20-37)55-44(63)29-13-32(51)18-35(15-29)57-59-42(25(3)61)46(65)53-34-9-12-39(31(17-34)24-50)54-47(66)43(26(4)62)60-58-36-16-30(14-33(52)19-36)45(64)56-41-21-38(68-6-2)11-8-28(41)23-49/h7-21,42-43H,5-6,22-24H2,1-4H3,(H,53,65)(H,54,66)(H,55,63)(H,56,64). The number of rotatable bonds is 21. The molecule has 5 aromatic carbocycles. The van der Waals surface area contributed by atoms with Crippen molar-refractivity contribution in [3.8, 4) is 11.5 Å². The van der Waals surface area contributed by atoms with E-state index in [1.807, 2.05) is 13.8 Å². The summed E-state index contributed by atoms with van der Waals surface area (Å²) in [6, 6.07) is 19.6. The molecule has 0 saturated carbocycles. The Morgan fingerprint density at radius 2 is 0.956 bits per heavy atom. The fourth-order valence-corrected chi connectivity index (χ4v) is 7.35. The minimum Gasteiger partial charge on any atom is -0.494 e. The summed E-state index contributed by atoms with van der Waals surface area (Å²) in [5.74, 6) is -2.95. The number of benzene rings is 5. The van der Waals surface area contributed by atoms with E-state index < -0.39 is 47.3 Å². The summed E-state index contributed by atoms with van der Waals surface area (Å²) in [7, 11) is 0. The Labute approximate surface area is 416 Å². The molecule has 4 N–H and O–H groups in total. The van der Waals surface area contributed by atoms with Crippen molar-refractivity contribution in [2.75, 3.05) is 34.5 Å². The van der Waals surface area contributed by atoms with Gasteiger partial charge in [-0.15, -0.1) is 34.8 Å². The molecule has 0 aliphatic carbocycles. The topological polar surface area (TPSA) is 218 Å². The molecule has 2 atom stereocenters. The maximum atomic E-state index is 13.5. The molecule has 0 fully saturated rings. The number of anilines is 4. The molecule has 0 saturated heterocycles. The summed E-state index contributed by atoms with van der Waals surface area (Å²) in [6.45, 7) is 6.80. The Morgan fingerprint density at radius 1 is 0.515 bits per heavy atom. The van der Waals surface area contributed by atoms with Crippen LogP contribution in [0.2, 0.25) is 10.0 Å². The number of alkyl halides is 3. The average Bonchev–Trinajstić information content (AvgIpc) is 3.29. The molecule has 2 unspecified atom stereocenters. The molecule has 0 spiro atoms. The van der Waals surface area contributed by atoms with Gasteiger partial charge in [-0.1, -0.05) is 35.3 Å². The predicted molar refractivity (Wildman–Crippen MR) is 264 cm³/mol. The maximum Gasteiger partial charge on any atom is 0.258 e. The lowest BCUT2D eigenvalue weighted by atomic mass is 10.1. The second kappa shape index (κ2) is 25.1. The predicted octanol–water partition coefficient (Wildman–Crippen LogP) is 11.9. The average molecular weight is 1030 g/mol. The Balaban J connectivity index is 1.26. The molecule has 0 aliphatic rings. The van der Waals surface area contributed by atoms with Crippen molar-refractivity contribution >= 4 is 127 Å².